The number of piperidine rings is 1. The molecular formula is C26H24N2O4. The van der Waals surface area contributed by atoms with E-state index in [2.05, 4.69) is 17.4 Å². The van der Waals surface area contributed by atoms with Crippen molar-refractivity contribution in [3.8, 4) is 22.6 Å². The molecule has 162 valence electrons. The number of benzene rings is 3. The Morgan fingerprint density at radius 3 is 2.44 bits per heavy atom. The van der Waals surface area contributed by atoms with E-state index in [0.29, 0.717) is 35.8 Å². The van der Waals surface area contributed by atoms with E-state index in [1.54, 1.807) is 23.1 Å². The van der Waals surface area contributed by atoms with Crippen LogP contribution in [0.3, 0.4) is 0 Å². The quantitative estimate of drug-likeness (QED) is 0.580. The highest BCUT2D eigenvalue weighted by molar-refractivity contribution is 5.99. The summed E-state index contributed by atoms with van der Waals surface area (Å²) in [5, 5.41) is 2.91. The summed E-state index contributed by atoms with van der Waals surface area (Å²) in [5.74, 6) is 1.18. The lowest BCUT2D eigenvalue weighted by Crippen LogP contribution is -2.44. The number of amides is 2. The molecule has 5 rings (SSSR count). The van der Waals surface area contributed by atoms with Gasteiger partial charge in [-0.05, 0) is 36.1 Å². The van der Waals surface area contributed by atoms with Crippen molar-refractivity contribution in [1.29, 1.82) is 0 Å². The Kier molecular flexibility index (Phi) is 5.50. The minimum atomic E-state index is -0.208. The summed E-state index contributed by atoms with van der Waals surface area (Å²) in [6, 6.07) is 22.9. The van der Waals surface area contributed by atoms with Crippen LogP contribution in [0.5, 0.6) is 11.5 Å². The molecule has 6 nitrogen and oxygen atoms in total. The maximum Gasteiger partial charge on any atom is 0.321 e. The van der Waals surface area contributed by atoms with Crippen LogP contribution >= 0.6 is 0 Å². The van der Waals surface area contributed by atoms with E-state index in [-0.39, 0.29) is 24.5 Å². The van der Waals surface area contributed by atoms with Gasteiger partial charge in [0.1, 0.15) is 0 Å². The van der Waals surface area contributed by atoms with E-state index in [0.717, 1.165) is 24.0 Å². The van der Waals surface area contributed by atoms with E-state index >= 15 is 0 Å². The summed E-state index contributed by atoms with van der Waals surface area (Å²) in [6.07, 6.45) is 1.58. The first-order valence-corrected chi connectivity index (χ1v) is 10.8. The first kappa shape index (κ1) is 20.1. The lowest BCUT2D eigenvalue weighted by molar-refractivity contribution is 0.0851. The van der Waals surface area contributed by atoms with Crippen molar-refractivity contribution >= 4 is 17.5 Å². The van der Waals surface area contributed by atoms with Crippen molar-refractivity contribution in [3.63, 3.8) is 0 Å². The number of fused-ring (bicyclic) bond motifs is 1. The number of nitrogens with one attached hydrogen (secondary N) is 1. The van der Waals surface area contributed by atoms with Crippen LogP contribution in [0.2, 0.25) is 0 Å². The number of Topliss-reactive ketones (excluding diaryl/α,β-unsaturated/α-hetero) is 1. The van der Waals surface area contributed by atoms with Gasteiger partial charge in [-0.1, -0.05) is 54.6 Å². The largest absolute Gasteiger partial charge is 0.454 e. The lowest BCUT2D eigenvalue weighted by Gasteiger charge is -2.32. The van der Waals surface area contributed by atoms with Gasteiger partial charge in [-0.3, -0.25) is 4.79 Å². The molecule has 1 unspecified atom stereocenters. The SMILES string of the molecule is O=C(c1ccc(-c2ccccc2)cc1)C1CCCN(C(=O)Nc2ccc3c(c2)OCO3)C1. The number of urea groups is 1. The summed E-state index contributed by atoms with van der Waals surface area (Å²) in [4.78, 5) is 27.6. The zero-order valence-electron chi connectivity index (χ0n) is 17.6. The fourth-order valence-electron chi connectivity index (χ4n) is 4.25. The fraction of sp³-hybridized carbons (Fsp3) is 0.231. The van der Waals surface area contributed by atoms with Gasteiger partial charge in [0.25, 0.3) is 0 Å². The molecule has 1 saturated heterocycles. The van der Waals surface area contributed by atoms with Gasteiger partial charge in [0.2, 0.25) is 6.79 Å². The van der Waals surface area contributed by atoms with Crippen molar-refractivity contribution in [2.45, 2.75) is 12.8 Å². The summed E-state index contributed by atoms with van der Waals surface area (Å²) >= 11 is 0. The van der Waals surface area contributed by atoms with E-state index < -0.39 is 0 Å². The molecule has 6 heteroatoms. The average molecular weight is 428 g/mol. The van der Waals surface area contributed by atoms with Gasteiger partial charge < -0.3 is 19.7 Å². The van der Waals surface area contributed by atoms with Gasteiger partial charge in [-0.15, -0.1) is 0 Å². The van der Waals surface area contributed by atoms with Crippen molar-refractivity contribution in [3.05, 3.63) is 78.4 Å². The number of hydrogen-bond acceptors (Lipinski definition) is 4. The fourth-order valence-corrected chi connectivity index (χ4v) is 4.25. The predicted molar refractivity (Wildman–Crippen MR) is 122 cm³/mol. The summed E-state index contributed by atoms with van der Waals surface area (Å²) in [7, 11) is 0. The van der Waals surface area contributed by atoms with Gasteiger partial charge in [0.05, 0.1) is 0 Å². The third-order valence-electron chi connectivity index (χ3n) is 5.98. The Morgan fingerprint density at radius 2 is 1.62 bits per heavy atom. The molecule has 1 fully saturated rings. The van der Waals surface area contributed by atoms with Crippen LogP contribution in [0.15, 0.2) is 72.8 Å². The first-order chi connectivity index (χ1) is 15.7. The van der Waals surface area contributed by atoms with Crippen LogP contribution in [0.25, 0.3) is 11.1 Å². The standard InChI is InChI=1S/C26H24N2O4/c29-25(20-10-8-19(9-11-20)18-5-2-1-3-6-18)21-7-4-14-28(16-21)26(30)27-22-12-13-23-24(15-22)32-17-31-23/h1-3,5-6,8-13,15,21H,4,7,14,16-17H2,(H,27,30). The Morgan fingerprint density at radius 1 is 0.875 bits per heavy atom. The Hall–Kier alpha value is -3.80. The third kappa shape index (κ3) is 4.17. The number of carbonyl (C=O) groups excluding carboxylic acids is 2. The zero-order chi connectivity index (χ0) is 21.9. The molecule has 0 aliphatic carbocycles. The number of ether oxygens (including phenoxy) is 2. The van der Waals surface area contributed by atoms with Crippen LogP contribution in [0.4, 0.5) is 10.5 Å². The van der Waals surface area contributed by atoms with E-state index in [9.17, 15) is 9.59 Å². The summed E-state index contributed by atoms with van der Waals surface area (Å²) in [6.45, 7) is 1.23. The molecule has 32 heavy (non-hydrogen) atoms. The van der Waals surface area contributed by atoms with Gasteiger partial charge >= 0.3 is 6.03 Å². The Balaban J connectivity index is 1.23. The van der Waals surface area contributed by atoms with E-state index in [1.165, 1.54) is 0 Å². The van der Waals surface area contributed by atoms with E-state index in [4.69, 9.17) is 9.47 Å². The molecule has 3 aromatic rings. The zero-order valence-corrected chi connectivity index (χ0v) is 17.6. The van der Waals surface area contributed by atoms with Crippen molar-refractivity contribution in [2.75, 3.05) is 25.2 Å². The molecule has 0 radical (unpaired) electrons. The molecule has 0 bridgehead atoms. The minimum Gasteiger partial charge on any atom is -0.454 e. The lowest BCUT2D eigenvalue weighted by atomic mass is 9.89. The van der Waals surface area contributed by atoms with Crippen LogP contribution in [-0.4, -0.2) is 36.6 Å². The maximum atomic E-state index is 13.1. The molecule has 3 aromatic carbocycles. The first-order valence-electron chi connectivity index (χ1n) is 10.8. The Bertz CT molecular complexity index is 1130. The molecule has 2 aliphatic rings. The highest BCUT2D eigenvalue weighted by Gasteiger charge is 2.29. The highest BCUT2D eigenvalue weighted by atomic mass is 16.7. The number of nitrogens with zero attached hydrogens (tertiary/aromatic N) is 1. The number of likely N-dealkylation sites (tertiary alicyclic amines) is 1. The number of carbonyl (C=O) groups is 2. The summed E-state index contributed by atoms with van der Waals surface area (Å²) in [5.41, 5.74) is 3.53. The van der Waals surface area contributed by atoms with Gasteiger partial charge in [0.15, 0.2) is 17.3 Å². The van der Waals surface area contributed by atoms with Gasteiger partial charge in [0, 0.05) is 36.3 Å². The second-order valence-electron chi connectivity index (χ2n) is 8.09. The van der Waals surface area contributed by atoms with Crippen LogP contribution in [-0.2, 0) is 0 Å². The monoisotopic (exact) mass is 428 g/mol. The maximum absolute atomic E-state index is 13.1. The normalized spacial score (nSPS) is 17.1. The minimum absolute atomic E-state index is 0.0881. The number of anilines is 1. The molecule has 1 atom stereocenters. The predicted octanol–water partition coefficient (Wildman–Crippen LogP) is 5.21. The van der Waals surface area contributed by atoms with Crippen LogP contribution < -0.4 is 14.8 Å². The second kappa shape index (κ2) is 8.75. The van der Waals surface area contributed by atoms with Crippen molar-refractivity contribution < 1.29 is 19.1 Å². The topological polar surface area (TPSA) is 67.9 Å². The molecule has 2 heterocycles. The second-order valence-corrected chi connectivity index (χ2v) is 8.09. The van der Waals surface area contributed by atoms with Crippen molar-refractivity contribution in [2.24, 2.45) is 5.92 Å². The molecular weight excluding hydrogens is 404 g/mol. The molecule has 2 aliphatic heterocycles. The number of hydrogen-bond donors (Lipinski definition) is 1. The smallest absolute Gasteiger partial charge is 0.321 e. The average Bonchev–Trinajstić information content (AvgIpc) is 3.32. The molecule has 0 saturated carbocycles. The summed E-state index contributed by atoms with van der Waals surface area (Å²) < 4.78 is 10.7. The van der Waals surface area contributed by atoms with Crippen LogP contribution in [0.1, 0.15) is 23.2 Å². The Labute approximate surface area is 186 Å². The number of ketones is 1. The van der Waals surface area contributed by atoms with Gasteiger partial charge in [-0.25, -0.2) is 4.79 Å². The molecule has 0 spiro atoms. The third-order valence-corrected chi connectivity index (χ3v) is 5.98. The number of rotatable bonds is 4. The molecule has 2 amide bonds. The van der Waals surface area contributed by atoms with Crippen LogP contribution in [0, 0.1) is 5.92 Å². The van der Waals surface area contributed by atoms with Gasteiger partial charge in [-0.2, -0.15) is 0 Å². The highest BCUT2D eigenvalue weighted by Crippen LogP contribution is 2.34. The molecule has 0 aromatic heterocycles. The molecule has 1 N–H and O–H groups in total. The van der Waals surface area contributed by atoms with Crippen molar-refractivity contribution in [1.82, 2.24) is 4.90 Å². The van der Waals surface area contributed by atoms with E-state index in [1.807, 2.05) is 42.5 Å².